The highest BCUT2D eigenvalue weighted by Gasteiger charge is 2.55. The summed E-state index contributed by atoms with van der Waals surface area (Å²) in [7, 11) is 1.79. The Kier molecular flexibility index (Phi) is 9.44. The predicted octanol–water partition coefficient (Wildman–Crippen LogP) is 8.61. The Labute approximate surface area is 252 Å². The number of aliphatic hydroxyl groups excluding tert-OH is 1. The summed E-state index contributed by atoms with van der Waals surface area (Å²) < 4.78 is 6.82. The monoisotopic (exact) mass is 581 g/mol. The third-order valence-electron chi connectivity index (χ3n) is 11.9. The lowest BCUT2D eigenvalue weighted by molar-refractivity contribution is -0.137. The highest BCUT2D eigenvalue weighted by molar-refractivity contribution is 6.74. The van der Waals surface area contributed by atoms with E-state index in [0.29, 0.717) is 23.9 Å². The van der Waals surface area contributed by atoms with E-state index in [9.17, 15) is 9.90 Å². The van der Waals surface area contributed by atoms with E-state index in [1.807, 2.05) is 6.08 Å². The van der Waals surface area contributed by atoms with Gasteiger partial charge < -0.3 is 14.4 Å². The molecule has 41 heavy (non-hydrogen) atoms. The van der Waals surface area contributed by atoms with E-state index in [0.717, 1.165) is 32.1 Å². The summed E-state index contributed by atoms with van der Waals surface area (Å²) in [5.74, 6) is 1.66. The Morgan fingerprint density at radius 3 is 2.39 bits per heavy atom. The van der Waals surface area contributed by atoms with E-state index in [4.69, 9.17) is 4.43 Å². The molecule has 5 heteroatoms. The fraction of sp³-hybridized carbons (Fsp3) is 0.750. The molecule has 4 saturated carbocycles. The van der Waals surface area contributed by atoms with Gasteiger partial charge in [0, 0.05) is 20.2 Å². The third kappa shape index (κ3) is 6.57. The topological polar surface area (TPSA) is 49.8 Å². The Hall–Kier alpha value is -1.43. The molecular formula is C36H59NO3Si. The summed E-state index contributed by atoms with van der Waals surface area (Å²) in [6.45, 7) is 21.0. The zero-order valence-corrected chi connectivity index (χ0v) is 28.7. The number of rotatable bonds is 8. The van der Waals surface area contributed by atoms with Crippen molar-refractivity contribution in [1.82, 2.24) is 4.90 Å². The van der Waals surface area contributed by atoms with Crippen LogP contribution in [0.1, 0.15) is 98.8 Å². The van der Waals surface area contributed by atoms with Gasteiger partial charge in [-0.15, -0.1) is 0 Å². The third-order valence-corrected chi connectivity index (χ3v) is 16.4. The van der Waals surface area contributed by atoms with Gasteiger partial charge in [0.1, 0.15) is 0 Å². The molecule has 0 saturated heterocycles. The summed E-state index contributed by atoms with van der Waals surface area (Å²) in [6, 6.07) is 0. The Bertz CT molecular complexity index is 1090. The van der Waals surface area contributed by atoms with E-state index in [1.165, 1.54) is 43.3 Å². The van der Waals surface area contributed by atoms with Gasteiger partial charge in [-0.1, -0.05) is 76.6 Å². The maximum absolute atomic E-state index is 12.7. The molecular weight excluding hydrogens is 522 g/mol. The fourth-order valence-electron chi connectivity index (χ4n) is 8.03. The van der Waals surface area contributed by atoms with E-state index in [2.05, 4.69) is 72.5 Å². The zero-order valence-electron chi connectivity index (χ0n) is 27.7. The molecule has 0 heterocycles. The van der Waals surface area contributed by atoms with Crippen molar-refractivity contribution in [3.05, 3.63) is 47.6 Å². The van der Waals surface area contributed by atoms with Crippen molar-refractivity contribution in [3.8, 4) is 0 Å². The Morgan fingerprint density at radius 2 is 1.78 bits per heavy atom. The van der Waals surface area contributed by atoms with Crippen LogP contribution in [0.2, 0.25) is 18.1 Å². The number of carbonyl (C=O) groups is 1. The number of hydrogen-bond acceptors (Lipinski definition) is 3. The smallest absolute Gasteiger partial charge is 0.231 e. The van der Waals surface area contributed by atoms with Crippen LogP contribution in [0.5, 0.6) is 0 Å². The lowest BCUT2D eigenvalue weighted by Crippen LogP contribution is -2.44. The second kappa shape index (κ2) is 11.9. The van der Waals surface area contributed by atoms with Crippen molar-refractivity contribution in [1.29, 1.82) is 0 Å². The summed E-state index contributed by atoms with van der Waals surface area (Å²) in [6.07, 6.45) is 19.5. The lowest BCUT2D eigenvalue weighted by Gasteiger charge is -2.44. The number of amides is 1. The molecule has 6 atom stereocenters. The number of carbonyl (C=O) groups excluding carboxylic acids is 1. The first-order chi connectivity index (χ1) is 19.0. The fourth-order valence-corrected chi connectivity index (χ4v) is 9.42. The molecule has 1 N–H and O–H groups in total. The first-order valence-electron chi connectivity index (χ1n) is 16.4. The van der Waals surface area contributed by atoms with Gasteiger partial charge in [-0.2, -0.15) is 0 Å². The quantitative estimate of drug-likeness (QED) is 0.231. The molecule has 4 aliphatic carbocycles. The van der Waals surface area contributed by atoms with Crippen molar-refractivity contribution < 1.29 is 14.3 Å². The summed E-state index contributed by atoms with van der Waals surface area (Å²) in [5, 5.41) is 11.2. The summed E-state index contributed by atoms with van der Waals surface area (Å²) in [5.41, 5.74) is 4.00. The van der Waals surface area contributed by atoms with E-state index in [1.54, 1.807) is 24.6 Å². The molecule has 4 rings (SSSR count). The Morgan fingerprint density at radius 1 is 1.10 bits per heavy atom. The van der Waals surface area contributed by atoms with Crippen molar-refractivity contribution in [2.45, 2.75) is 129 Å². The van der Waals surface area contributed by atoms with Gasteiger partial charge in [0.15, 0.2) is 8.32 Å². The van der Waals surface area contributed by atoms with Crippen LogP contribution in [0.15, 0.2) is 47.6 Å². The van der Waals surface area contributed by atoms with Crippen LogP contribution >= 0.6 is 0 Å². The van der Waals surface area contributed by atoms with Gasteiger partial charge in [-0.25, -0.2) is 0 Å². The lowest BCUT2D eigenvalue weighted by atomic mass is 9.61. The highest BCUT2D eigenvalue weighted by Crippen LogP contribution is 2.60. The van der Waals surface area contributed by atoms with Crippen LogP contribution in [-0.2, 0) is 9.22 Å². The molecule has 4 fully saturated rings. The van der Waals surface area contributed by atoms with E-state index >= 15 is 0 Å². The van der Waals surface area contributed by atoms with Crippen LogP contribution in [0.3, 0.4) is 0 Å². The first kappa shape index (κ1) is 32.5. The molecule has 4 nitrogen and oxygen atoms in total. The molecule has 0 spiro atoms. The minimum Gasteiger partial charge on any atom is -0.414 e. The van der Waals surface area contributed by atoms with Gasteiger partial charge in [0.05, 0.1) is 11.5 Å². The molecule has 0 bridgehead atoms. The van der Waals surface area contributed by atoms with Crippen LogP contribution in [0.25, 0.3) is 0 Å². The van der Waals surface area contributed by atoms with Gasteiger partial charge in [-0.3, -0.25) is 4.79 Å². The molecule has 1 unspecified atom stereocenters. The summed E-state index contributed by atoms with van der Waals surface area (Å²) >= 11 is 0. The normalized spacial score (nSPS) is 33.7. The molecule has 0 aromatic carbocycles. The average molecular weight is 582 g/mol. The zero-order chi connectivity index (χ0) is 30.4. The Balaban J connectivity index is 1.44. The predicted molar refractivity (Wildman–Crippen MR) is 174 cm³/mol. The molecule has 4 aliphatic rings. The average Bonchev–Trinajstić information content (AvgIpc) is 3.62. The van der Waals surface area contributed by atoms with Gasteiger partial charge >= 0.3 is 0 Å². The number of aliphatic hydroxyl groups is 1. The van der Waals surface area contributed by atoms with Gasteiger partial charge in [0.25, 0.3) is 0 Å². The van der Waals surface area contributed by atoms with Crippen molar-refractivity contribution in [3.63, 3.8) is 0 Å². The molecule has 230 valence electrons. The van der Waals surface area contributed by atoms with Crippen LogP contribution in [-0.4, -0.2) is 50.5 Å². The number of hydrogen-bond donors (Lipinski definition) is 1. The van der Waals surface area contributed by atoms with Crippen molar-refractivity contribution >= 4 is 14.2 Å². The van der Waals surface area contributed by atoms with E-state index < -0.39 is 19.8 Å². The number of fused-ring (bicyclic) bond motifs is 1. The van der Waals surface area contributed by atoms with E-state index in [-0.39, 0.29) is 16.4 Å². The standard InChI is InChI=1S/C36H59NO3Si/c1-25-13-17-29(40-41(9,10)34(3,4)5)24-28(25)16-15-27-12-11-21-35(6)30(18-19-31(27)35)26(2)14-20-32(38)36(22-23-36)33(39)37(7)8/h14-16,20,26,29-32,38H,1,11-13,17-19,21-24H2,2-10H3/b20-14+,27-15+,28-16-/t26-,29+,30-,31+,32?,35-/m1/s1. The van der Waals surface area contributed by atoms with Crippen LogP contribution in [0.4, 0.5) is 0 Å². The number of allylic oxidation sites excluding steroid dienone is 5. The SMILES string of the molecule is C=C1CC[C@H](O[Si](C)(C)C(C)(C)C)C/C1=C/C=C1\CCC[C@]2(C)[C@@H]([C@H](C)/C=C/C(O)C3(C(=O)N(C)C)CC3)CC[C@@H]12. The molecule has 0 aromatic rings. The molecule has 0 radical (unpaired) electrons. The largest absolute Gasteiger partial charge is 0.414 e. The van der Waals surface area contributed by atoms with Gasteiger partial charge in [-0.05, 0) is 111 Å². The first-order valence-corrected chi connectivity index (χ1v) is 19.3. The maximum atomic E-state index is 12.7. The van der Waals surface area contributed by atoms with Crippen molar-refractivity contribution in [2.24, 2.45) is 28.6 Å². The van der Waals surface area contributed by atoms with Gasteiger partial charge in [0.2, 0.25) is 5.91 Å². The van der Waals surface area contributed by atoms with Crippen molar-refractivity contribution in [2.75, 3.05) is 14.1 Å². The maximum Gasteiger partial charge on any atom is 0.231 e. The minimum absolute atomic E-state index is 0.0601. The summed E-state index contributed by atoms with van der Waals surface area (Å²) in [4.78, 5) is 14.3. The highest BCUT2D eigenvalue weighted by atomic mass is 28.4. The molecule has 0 aromatic heterocycles. The number of nitrogens with zero attached hydrogens (tertiary/aromatic N) is 1. The second-order valence-corrected chi connectivity index (χ2v) is 20.7. The molecule has 0 aliphatic heterocycles. The second-order valence-electron chi connectivity index (χ2n) is 15.9. The molecule has 1 amide bonds. The van der Waals surface area contributed by atoms with Crippen LogP contribution in [0, 0.1) is 28.6 Å². The minimum atomic E-state index is -1.79. The van der Waals surface area contributed by atoms with Crippen LogP contribution < -0.4 is 0 Å².